The van der Waals surface area contributed by atoms with Crippen LogP contribution in [0.25, 0.3) is 10.9 Å². The van der Waals surface area contributed by atoms with Crippen molar-refractivity contribution in [2.45, 2.75) is 0 Å². The number of hydrogen-bond donors (Lipinski definition) is 2. The van der Waals surface area contributed by atoms with E-state index in [0.717, 1.165) is 5.39 Å². The summed E-state index contributed by atoms with van der Waals surface area (Å²) in [5.74, 6) is -0.383. The first kappa shape index (κ1) is 12.7. The van der Waals surface area contributed by atoms with Gasteiger partial charge in [0, 0.05) is 11.6 Å². The Morgan fingerprint density at radius 1 is 1.33 bits per heavy atom. The average Bonchev–Trinajstić information content (AvgIpc) is 2.27. The van der Waals surface area contributed by atoms with Crippen LogP contribution in [0.4, 0.5) is 5.69 Å². The van der Waals surface area contributed by atoms with Crippen LogP contribution in [0, 0.1) is 0 Å². The monoisotopic (exact) mass is 281 g/mol. The molecule has 0 aliphatic rings. The first-order valence-electron chi connectivity index (χ1n) is 5.10. The van der Waals surface area contributed by atoms with Crippen LogP contribution in [0.1, 0.15) is 0 Å². The van der Waals surface area contributed by atoms with Gasteiger partial charge in [0.15, 0.2) is 0 Å². The first-order chi connectivity index (χ1) is 8.48. The molecule has 0 saturated heterocycles. The van der Waals surface area contributed by atoms with Gasteiger partial charge in [0.25, 0.3) is 0 Å². The normalized spacial score (nSPS) is 11.3. The minimum Gasteiger partial charge on any atom is -0.392 e. The van der Waals surface area contributed by atoms with Crippen molar-refractivity contribution < 1.29 is 8.42 Å². The van der Waals surface area contributed by atoms with Crippen molar-refractivity contribution >= 4 is 43.8 Å². The Morgan fingerprint density at radius 2 is 2.06 bits per heavy atom. The van der Waals surface area contributed by atoms with Crippen molar-refractivity contribution in [1.29, 1.82) is 0 Å². The van der Waals surface area contributed by atoms with Crippen LogP contribution >= 0.6 is 12.2 Å². The Kier molecular flexibility index (Phi) is 3.44. The Balaban J connectivity index is 2.41. The lowest BCUT2D eigenvalue weighted by molar-refractivity contribution is 0.605. The summed E-state index contributed by atoms with van der Waals surface area (Å²) in [6.07, 6.45) is 1.60. The van der Waals surface area contributed by atoms with Crippen molar-refractivity contribution in [3.63, 3.8) is 0 Å². The number of anilines is 1. The summed E-state index contributed by atoms with van der Waals surface area (Å²) < 4.78 is 25.9. The molecule has 2 rings (SSSR count). The number of benzene rings is 1. The molecule has 3 N–H and O–H groups in total. The van der Waals surface area contributed by atoms with Crippen LogP contribution in [0.3, 0.4) is 0 Å². The van der Waals surface area contributed by atoms with Crippen LogP contribution < -0.4 is 10.5 Å². The van der Waals surface area contributed by atoms with Gasteiger partial charge in [0.1, 0.15) is 5.75 Å². The second kappa shape index (κ2) is 4.87. The van der Waals surface area contributed by atoms with Gasteiger partial charge in [-0.1, -0.05) is 30.4 Å². The smallest absolute Gasteiger partial charge is 0.239 e. The zero-order valence-corrected chi connectivity index (χ0v) is 11.0. The van der Waals surface area contributed by atoms with Gasteiger partial charge in [-0.25, -0.2) is 8.42 Å². The summed E-state index contributed by atoms with van der Waals surface area (Å²) in [7, 11) is -3.58. The number of nitrogens with two attached hydrogens (primary N) is 1. The predicted octanol–water partition coefficient (Wildman–Crippen LogP) is 1.26. The molecule has 2 aromatic rings. The summed E-state index contributed by atoms with van der Waals surface area (Å²) in [5, 5.41) is 0.855. The van der Waals surface area contributed by atoms with E-state index in [0.29, 0.717) is 11.2 Å². The third kappa shape index (κ3) is 2.93. The molecule has 18 heavy (non-hydrogen) atoms. The quantitative estimate of drug-likeness (QED) is 0.824. The van der Waals surface area contributed by atoms with Crippen LogP contribution in [0.2, 0.25) is 0 Å². The number of nitrogens with zero attached hydrogens (tertiary/aromatic N) is 1. The van der Waals surface area contributed by atoms with Gasteiger partial charge in [0.05, 0.1) is 16.2 Å². The van der Waals surface area contributed by atoms with Gasteiger partial charge in [-0.2, -0.15) is 0 Å². The number of rotatable bonds is 4. The summed E-state index contributed by atoms with van der Waals surface area (Å²) in [5.41, 5.74) is 6.25. The van der Waals surface area contributed by atoms with Crippen molar-refractivity contribution in [1.82, 2.24) is 4.98 Å². The summed E-state index contributed by atoms with van der Waals surface area (Å²) in [4.78, 5) is 4.08. The van der Waals surface area contributed by atoms with E-state index in [1.165, 1.54) is 0 Å². The molecule has 0 fully saturated rings. The van der Waals surface area contributed by atoms with Gasteiger partial charge in [-0.05, 0) is 12.1 Å². The van der Waals surface area contributed by atoms with Gasteiger partial charge in [-0.3, -0.25) is 9.71 Å². The predicted molar refractivity (Wildman–Crippen MR) is 75.9 cm³/mol. The molecular weight excluding hydrogens is 270 g/mol. The third-order valence-corrected chi connectivity index (χ3v) is 3.78. The molecule has 0 bridgehead atoms. The lowest BCUT2D eigenvalue weighted by Gasteiger charge is -2.09. The second-order valence-corrected chi connectivity index (χ2v) is 5.95. The highest BCUT2D eigenvalue weighted by atomic mass is 32.2. The van der Waals surface area contributed by atoms with E-state index >= 15 is 0 Å². The minimum absolute atomic E-state index is 0.0734. The highest BCUT2D eigenvalue weighted by Crippen LogP contribution is 2.21. The van der Waals surface area contributed by atoms with E-state index in [1.807, 2.05) is 12.1 Å². The average molecular weight is 281 g/mol. The van der Waals surface area contributed by atoms with Gasteiger partial charge >= 0.3 is 0 Å². The van der Waals surface area contributed by atoms with Crippen LogP contribution in [0.5, 0.6) is 0 Å². The van der Waals surface area contributed by atoms with Gasteiger partial charge < -0.3 is 5.73 Å². The molecule has 94 valence electrons. The molecule has 0 spiro atoms. The minimum atomic E-state index is -3.58. The van der Waals surface area contributed by atoms with Gasteiger partial charge in [0.2, 0.25) is 10.0 Å². The zero-order valence-electron chi connectivity index (χ0n) is 9.33. The van der Waals surface area contributed by atoms with E-state index in [4.69, 9.17) is 5.73 Å². The fourth-order valence-electron chi connectivity index (χ4n) is 1.58. The topological polar surface area (TPSA) is 85.1 Å². The SMILES string of the molecule is NC(=S)CS(=O)(=O)Nc1cccc2cccnc12. The van der Waals surface area contributed by atoms with Crippen molar-refractivity contribution in [2.24, 2.45) is 5.73 Å². The Morgan fingerprint density at radius 3 is 2.78 bits per heavy atom. The lowest BCUT2D eigenvalue weighted by Crippen LogP contribution is -2.26. The Bertz CT molecular complexity index is 693. The molecule has 5 nitrogen and oxygen atoms in total. The van der Waals surface area contributed by atoms with Gasteiger partial charge in [-0.15, -0.1) is 0 Å². The summed E-state index contributed by atoms with van der Waals surface area (Å²) in [6, 6.07) is 8.89. The number of sulfonamides is 1. The number of thiocarbonyl (C=S) groups is 1. The van der Waals surface area contributed by atoms with Crippen molar-refractivity contribution in [3.8, 4) is 0 Å². The first-order valence-corrected chi connectivity index (χ1v) is 7.16. The number of para-hydroxylation sites is 1. The standard InChI is InChI=1S/C11H11N3O2S2/c12-10(17)7-18(15,16)14-9-5-1-3-8-4-2-6-13-11(8)9/h1-6,14H,7H2,(H2,12,17). The molecule has 1 aromatic heterocycles. The summed E-state index contributed by atoms with van der Waals surface area (Å²) >= 11 is 4.60. The highest BCUT2D eigenvalue weighted by molar-refractivity contribution is 7.95. The van der Waals surface area contributed by atoms with Crippen LogP contribution in [-0.2, 0) is 10.0 Å². The fourth-order valence-corrected chi connectivity index (χ4v) is 2.99. The second-order valence-electron chi connectivity index (χ2n) is 3.71. The third-order valence-electron chi connectivity index (χ3n) is 2.23. The number of fused-ring (bicyclic) bond motifs is 1. The number of nitrogens with one attached hydrogen (secondary N) is 1. The molecule has 0 aliphatic carbocycles. The molecule has 7 heteroatoms. The van der Waals surface area contributed by atoms with E-state index in [2.05, 4.69) is 21.9 Å². The number of aromatic nitrogens is 1. The zero-order chi connectivity index (χ0) is 13.2. The van der Waals surface area contributed by atoms with Crippen LogP contribution in [-0.4, -0.2) is 24.1 Å². The largest absolute Gasteiger partial charge is 0.392 e. The lowest BCUT2D eigenvalue weighted by atomic mass is 10.2. The maximum absolute atomic E-state index is 11.7. The number of pyridine rings is 1. The molecular formula is C11H11N3O2S2. The van der Waals surface area contributed by atoms with Crippen LogP contribution in [0.15, 0.2) is 36.5 Å². The van der Waals surface area contributed by atoms with E-state index in [-0.39, 0.29) is 10.7 Å². The Labute approximate surface area is 110 Å². The summed E-state index contributed by atoms with van der Waals surface area (Å²) in [6.45, 7) is 0. The fraction of sp³-hybridized carbons (Fsp3) is 0.0909. The molecule has 1 heterocycles. The molecule has 0 atom stereocenters. The molecule has 0 aliphatic heterocycles. The number of hydrogen-bond acceptors (Lipinski definition) is 4. The van der Waals surface area contributed by atoms with Crippen molar-refractivity contribution in [3.05, 3.63) is 36.5 Å². The maximum Gasteiger partial charge on any atom is 0.239 e. The van der Waals surface area contributed by atoms with E-state index in [1.54, 1.807) is 24.4 Å². The van der Waals surface area contributed by atoms with Crippen molar-refractivity contribution in [2.75, 3.05) is 10.5 Å². The molecule has 0 amide bonds. The maximum atomic E-state index is 11.7. The van der Waals surface area contributed by atoms with E-state index < -0.39 is 10.0 Å². The van der Waals surface area contributed by atoms with E-state index in [9.17, 15) is 8.42 Å². The molecule has 0 unspecified atom stereocenters. The molecule has 1 aromatic carbocycles. The Hall–Kier alpha value is -1.73. The molecule has 0 radical (unpaired) electrons. The molecule has 0 saturated carbocycles. The highest BCUT2D eigenvalue weighted by Gasteiger charge is 2.13.